The van der Waals surface area contributed by atoms with Crippen molar-refractivity contribution in [3.05, 3.63) is 89.2 Å². The van der Waals surface area contributed by atoms with Crippen LogP contribution >= 0.6 is 0 Å². The van der Waals surface area contributed by atoms with Crippen LogP contribution in [0.1, 0.15) is 45.5 Å². The first kappa shape index (κ1) is 21.0. The summed E-state index contributed by atoms with van der Waals surface area (Å²) >= 11 is 0. The first-order valence-corrected chi connectivity index (χ1v) is 10.7. The van der Waals surface area contributed by atoms with E-state index in [0.717, 1.165) is 55.2 Å². The summed E-state index contributed by atoms with van der Waals surface area (Å²) in [5, 5.41) is 5.26. The Hall–Kier alpha value is -3.28. The molecule has 0 spiro atoms. The Kier molecular flexibility index (Phi) is 6.55. The third-order valence-corrected chi connectivity index (χ3v) is 5.42. The van der Waals surface area contributed by atoms with Gasteiger partial charge < -0.3 is 15.8 Å². The zero-order chi connectivity index (χ0) is 21.6. The van der Waals surface area contributed by atoms with Crippen LogP contribution in [-0.2, 0) is 6.54 Å². The lowest BCUT2D eigenvalue weighted by atomic mass is 9.90. The number of ketones is 2. The number of benzene rings is 3. The highest BCUT2D eigenvalue weighted by Gasteiger charge is 2.27. The number of rotatable bonds is 9. The summed E-state index contributed by atoms with van der Waals surface area (Å²) < 4.78 is 5.79. The van der Waals surface area contributed by atoms with Gasteiger partial charge in [0.2, 0.25) is 5.78 Å². The minimum atomic E-state index is -0.274. The zero-order valence-corrected chi connectivity index (χ0v) is 17.4. The third-order valence-electron chi connectivity index (χ3n) is 5.42. The second-order valence-corrected chi connectivity index (χ2v) is 7.72. The maximum absolute atomic E-state index is 13.0. The Labute approximate surface area is 181 Å². The van der Waals surface area contributed by atoms with Gasteiger partial charge in [-0.15, -0.1) is 0 Å². The van der Waals surface area contributed by atoms with Gasteiger partial charge in [-0.2, -0.15) is 0 Å². The van der Waals surface area contributed by atoms with Gasteiger partial charge in [0.25, 0.3) is 0 Å². The number of fused-ring (bicyclic) bond motifs is 2. The number of ether oxygens (including phenoxy) is 1. The molecule has 0 aliphatic heterocycles. The molecule has 0 heterocycles. The molecule has 0 fully saturated rings. The second kappa shape index (κ2) is 9.69. The Morgan fingerprint density at radius 3 is 2.26 bits per heavy atom. The van der Waals surface area contributed by atoms with Gasteiger partial charge in [0.1, 0.15) is 5.75 Å². The lowest BCUT2D eigenvalue weighted by Gasteiger charge is -2.17. The molecule has 3 aromatic rings. The number of nitrogens with two attached hydrogens (primary N) is 1. The molecule has 158 valence electrons. The van der Waals surface area contributed by atoms with Gasteiger partial charge in [-0.05, 0) is 66.5 Å². The molecule has 5 heteroatoms. The third kappa shape index (κ3) is 4.90. The summed E-state index contributed by atoms with van der Waals surface area (Å²) in [5.41, 5.74) is 7.44. The molecule has 3 aromatic carbocycles. The Bertz CT molecular complexity index is 1130. The molecule has 0 saturated heterocycles. The van der Waals surface area contributed by atoms with Gasteiger partial charge in [-0.1, -0.05) is 42.8 Å². The summed E-state index contributed by atoms with van der Waals surface area (Å²) in [5.74, 6) is 0.0938. The molecule has 4 rings (SSSR count). The summed E-state index contributed by atoms with van der Waals surface area (Å²) in [4.78, 5) is 25.6. The van der Waals surface area contributed by atoms with Crippen molar-refractivity contribution in [2.24, 2.45) is 5.73 Å². The van der Waals surface area contributed by atoms with Gasteiger partial charge >= 0.3 is 0 Å². The van der Waals surface area contributed by atoms with Crippen LogP contribution in [0.4, 0.5) is 0 Å². The first-order valence-electron chi connectivity index (χ1n) is 10.7. The summed E-state index contributed by atoms with van der Waals surface area (Å²) in [6.07, 6.45) is 4.60. The van der Waals surface area contributed by atoms with Crippen LogP contribution in [0.5, 0.6) is 5.75 Å². The minimum absolute atomic E-state index is 0.0542. The standard InChI is InChI=1S/C26H26N2O3/c27-12-4-1-5-13-28-17-18-8-10-21(11-9-18)31-25-16-24(29)22-14-19-6-2-3-7-20(19)15-23(22)26(25)30/h2-3,6-11,14-16,28H,1,4-5,12-13,17,27H2. The van der Waals surface area contributed by atoms with Crippen LogP contribution in [0.2, 0.25) is 0 Å². The van der Waals surface area contributed by atoms with Crippen molar-refractivity contribution >= 4 is 22.3 Å². The van der Waals surface area contributed by atoms with Crippen molar-refractivity contribution in [1.82, 2.24) is 5.32 Å². The molecule has 0 unspecified atom stereocenters. The predicted octanol–water partition coefficient (Wildman–Crippen LogP) is 4.40. The van der Waals surface area contributed by atoms with E-state index in [-0.39, 0.29) is 17.3 Å². The summed E-state index contributed by atoms with van der Waals surface area (Å²) in [7, 11) is 0. The molecule has 0 bridgehead atoms. The Balaban J connectivity index is 1.41. The lowest BCUT2D eigenvalue weighted by Crippen LogP contribution is -2.20. The highest BCUT2D eigenvalue weighted by molar-refractivity contribution is 6.25. The van der Waals surface area contributed by atoms with Gasteiger partial charge in [0.05, 0.1) is 0 Å². The highest BCUT2D eigenvalue weighted by atomic mass is 16.5. The van der Waals surface area contributed by atoms with Crippen molar-refractivity contribution in [1.29, 1.82) is 0 Å². The second-order valence-electron chi connectivity index (χ2n) is 7.72. The van der Waals surface area contributed by atoms with Crippen LogP contribution in [0.25, 0.3) is 10.8 Å². The van der Waals surface area contributed by atoms with Gasteiger partial charge in [-0.3, -0.25) is 9.59 Å². The van der Waals surface area contributed by atoms with E-state index in [9.17, 15) is 9.59 Å². The van der Waals surface area contributed by atoms with Crippen LogP contribution < -0.4 is 15.8 Å². The average molecular weight is 415 g/mol. The molecule has 31 heavy (non-hydrogen) atoms. The van der Waals surface area contributed by atoms with E-state index in [2.05, 4.69) is 5.32 Å². The van der Waals surface area contributed by atoms with E-state index < -0.39 is 0 Å². The SMILES string of the molecule is NCCCCCNCc1ccc(OC2=CC(=O)c3cc4ccccc4cc3C2=O)cc1. The van der Waals surface area contributed by atoms with Crippen molar-refractivity contribution < 1.29 is 14.3 Å². The van der Waals surface area contributed by atoms with E-state index in [1.807, 2.05) is 48.5 Å². The van der Waals surface area contributed by atoms with E-state index in [4.69, 9.17) is 10.5 Å². The smallest absolute Gasteiger partial charge is 0.229 e. The van der Waals surface area contributed by atoms with Crippen LogP contribution in [-0.4, -0.2) is 24.7 Å². The minimum Gasteiger partial charge on any atom is -0.453 e. The number of nitrogens with one attached hydrogen (secondary N) is 1. The van der Waals surface area contributed by atoms with Crippen molar-refractivity contribution in [2.75, 3.05) is 13.1 Å². The molecular formula is C26H26N2O3. The number of unbranched alkanes of at least 4 members (excludes halogenated alkanes) is 2. The molecule has 0 radical (unpaired) electrons. The molecule has 0 aromatic heterocycles. The van der Waals surface area contributed by atoms with Crippen molar-refractivity contribution in [3.63, 3.8) is 0 Å². The number of Topliss-reactive ketones (excluding diaryl/α,β-unsaturated/α-hetero) is 1. The van der Waals surface area contributed by atoms with Crippen LogP contribution in [0.15, 0.2) is 72.5 Å². The topological polar surface area (TPSA) is 81.4 Å². The molecule has 3 N–H and O–H groups in total. The molecule has 0 atom stereocenters. The molecule has 5 nitrogen and oxygen atoms in total. The molecular weight excluding hydrogens is 388 g/mol. The maximum Gasteiger partial charge on any atom is 0.229 e. The summed E-state index contributed by atoms with van der Waals surface area (Å²) in [6.45, 7) is 2.47. The molecule has 0 amide bonds. The van der Waals surface area contributed by atoms with Crippen molar-refractivity contribution in [3.8, 4) is 5.75 Å². The Morgan fingerprint density at radius 2 is 1.55 bits per heavy atom. The van der Waals surface area contributed by atoms with Crippen molar-refractivity contribution in [2.45, 2.75) is 25.8 Å². The highest BCUT2D eigenvalue weighted by Crippen LogP contribution is 2.28. The Morgan fingerprint density at radius 1 is 0.839 bits per heavy atom. The number of hydrogen-bond acceptors (Lipinski definition) is 5. The lowest BCUT2D eigenvalue weighted by molar-refractivity contribution is 0.0947. The molecule has 1 aliphatic carbocycles. The molecule has 0 saturated carbocycles. The van der Waals surface area contributed by atoms with Gasteiger partial charge in [0.15, 0.2) is 11.5 Å². The quantitative estimate of drug-likeness (QED) is 0.507. The zero-order valence-electron chi connectivity index (χ0n) is 17.4. The van der Waals surface area contributed by atoms with E-state index in [0.29, 0.717) is 16.9 Å². The van der Waals surface area contributed by atoms with Crippen LogP contribution in [0.3, 0.4) is 0 Å². The van der Waals surface area contributed by atoms with E-state index >= 15 is 0 Å². The maximum atomic E-state index is 13.0. The van der Waals surface area contributed by atoms with E-state index in [1.54, 1.807) is 12.1 Å². The fourth-order valence-electron chi connectivity index (χ4n) is 3.71. The van der Waals surface area contributed by atoms with Gasteiger partial charge in [0, 0.05) is 23.7 Å². The first-order chi connectivity index (χ1) is 15.2. The largest absolute Gasteiger partial charge is 0.453 e. The fraction of sp³-hybridized carbons (Fsp3) is 0.231. The van der Waals surface area contributed by atoms with E-state index in [1.165, 1.54) is 6.08 Å². The monoisotopic (exact) mass is 414 g/mol. The number of carbonyl (C=O) groups excluding carboxylic acids is 2. The summed E-state index contributed by atoms with van der Waals surface area (Å²) in [6, 6.07) is 18.8. The normalized spacial score (nSPS) is 13.3. The van der Waals surface area contributed by atoms with Gasteiger partial charge in [-0.25, -0.2) is 0 Å². The number of carbonyl (C=O) groups is 2. The average Bonchev–Trinajstić information content (AvgIpc) is 2.79. The predicted molar refractivity (Wildman–Crippen MR) is 122 cm³/mol. The number of allylic oxidation sites excluding steroid dienone is 2. The van der Waals surface area contributed by atoms with Crippen LogP contribution in [0, 0.1) is 0 Å². The fourth-order valence-corrected chi connectivity index (χ4v) is 3.71. The molecule has 1 aliphatic rings. The number of hydrogen-bond donors (Lipinski definition) is 2.